The third kappa shape index (κ3) is 16.4. The molecule has 0 radical (unpaired) electrons. The minimum absolute atomic E-state index is 0.0253. The number of nitrogens with one attached hydrogen (secondary N) is 4. The zero-order chi connectivity index (χ0) is 50.8. The van der Waals surface area contributed by atoms with Crippen LogP contribution in [0.25, 0.3) is 10.9 Å². The monoisotopic (exact) mass is 947 g/mol. The van der Waals surface area contributed by atoms with Gasteiger partial charge in [-0.3, -0.25) is 28.8 Å². The fraction of sp³-hybridized carbons (Fsp3) is 0.692. The van der Waals surface area contributed by atoms with Crippen molar-refractivity contribution in [3.63, 3.8) is 0 Å². The first-order chi connectivity index (χ1) is 32.1. The van der Waals surface area contributed by atoms with Crippen molar-refractivity contribution in [3.05, 3.63) is 36.0 Å². The standard InChI is InChI=1S/C52H82N8O8/c1-13-15-20-34(7)28-41-49(64)58(10)36(9)52(67)68-45(24-19-25-53)48(63)57-42(29-35(8)21-16-14-2)51(66)59(11)43(27-33(5)6)46(61)55-40(26-32(3)4)50(65)60(12)44(47(62)56-41)30-37-31-54-39-23-18-17-22-38(37)39/h17-18,22-23,31-36,40-45,54H,13-16,19-21,24,26-30H2,1-12H3,(H,55,61)(H,56,62)(H,57,63). The highest BCUT2D eigenvalue weighted by atomic mass is 16.5. The Morgan fingerprint density at radius 2 is 1.15 bits per heavy atom. The van der Waals surface area contributed by atoms with Crippen LogP contribution in [0.4, 0.5) is 0 Å². The average Bonchev–Trinajstić information content (AvgIpc) is 3.71. The summed E-state index contributed by atoms with van der Waals surface area (Å²) in [5.41, 5.74) is 1.59. The number of carbonyl (C=O) groups is 7. The number of esters is 1. The van der Waals surface area contributed by atoms with Gasteiger partial charge in [-0.05, 0) is 67.9 Å². The molecule has 16 nitrogen and oxygen atoms in total. The summed E-state index contributed by atoms with van der Waals surface area (Å²) in [5.74, 6) is -4.74. The van der Waals surface area contributed by atoms with Crippen LogP contribution in [0.5, 0.6) is 0 Å². The number of carbonyl (C=O) groups excluding carboxylic acids is 7. The lowest BCUT2D eigenvalue weighted by Gasteiger charge is -2.35. The maximum Gasteiger partial charge on any atom is 0.329 e. The summed E-state index contributed by atoms with van der Waals surface area (Å²) in [5, 5.41) is 19.2. The molecule has 2 heterocycles. The quantitative estimate of drug-likeness (QED) is 0.121. The van der Waals surface area contributed by atoms with Crippen LogP contribution in [0.3, 0.4) is 0 Å². The van der Waals surface area contributed by atoms with Crippen molar-refractivity contribution < 1.29 is 38.3 Å². The number of nitriles is 1. The number of aromatic nitrogens is 1. The number of ether oxygens (including phenoxy) is 1. The molecule has 1 fully saturated rings. The Balaban J connectivity index is 2.29. The SMILES string of the molecule is CCCCC(C)CC1NC(=O)C(Cc2c[nH]c3ccccc23)N(C)C(=O)C(CC(C)C)NC(=O)C(CC(C)C)N(C)C(=O)C(CC(C)CCCC)NC(=O)C(CCC#N)OC(=O)C(C)N(C)C1=O. The van der Waals surface area contributed by atoms with E-state index in [9.17, 15) is 38.8 Å². The fourth-order valence-electron chi connectivity index (χ4n) is 8.96. The average molecular weight is 947 g/mol. The van der Waals surface area contributed by atoms with Crippen molar-refractivity contribution in [2.45, 2.75) is 188 Å². The van der Waals surface area contributed by atoms with Gasteiger partial charge in [0.2, 0.25) is 29.5 Å². The highest BCUT2D eigenvalue weighted by Crippen LogP contribution is 2.24. The zero-order valence-electron chi connectivity index (χ0n) is 43.0. The van der Waals surface area contributed by atoms with Gasteiger partial charge in [0.15, 0.2) is 6.10 Å². The van der Waals surface area contributed by atoms with Gasteiger partial charge in [0.25, 0.3) is 5.91 Å². The van der Waals surface area contributed by atoms with E-state index in [0.29, 0.717) is 0 Å². The van der Waals surface area contributed by atoms with Gasteiger partial charge in [0.05, 0.1) is 6.07 Å². The number of hydrogen-bond donors (Lipinski definition) is 4. The molecule has 16 heteroatoms. The van der Waals surface area contributed by atoms with Gasteiger partial charge in [0.1, 0.15) is 36.3 Å². The van der Waals surface area contributed by atoms with Crippen LogP contribution < -0.4 is 16.0 Å². The molecule has 1 aliphatic heterocycles. The molecule has 3 rings (SSSR count). The van der Waals surface area contributed by atoms with Crippen molar-refractivity contribution in [3.8, 4) is 6.07 Å². The Morgan fingerprint density at radius 1 is 0.662 bits per heavy atom. The third-order valence-electron chi connectivity index (χ3n) is 13.3. The van der Waals surface area contributed by atoms with E-state index in [1.807, 2.05) is 71.9 Å². The van der Waals surface area contributed by atoms with Crippen molar-refractivity contribution >= 4 is 52.3 Å². The molecule has 6 amide bonds. The van der Waals surface area contributed by atoms with Gasteiger partial charge in [-0.15, -0.1) is 0 Å². The summed E-state index contributed by atoms with van der Waals surface area (Å²) in [6.45, 7) is 17.3. The largest absolute Gasteiger partial charge is 0.451 e. The lowest BCUT2D eigenvalue weighted by Crippen LogP contribution is -2.60. The number of benzene rings is 1. The maximum atomic E-state index is 15.0. The zero-order valence-corrected chi connectivity index (χ0v) is 43.0. The molecule has 68 heavy (non-hydrogen) atoms. The summed E-state index contributed by atoms with van der Waals surface area (Å²) in [4.78, 5) is 109. The molecule has 4 N–H and O–H groups in total. The molecule has 1 aromatic heterocycles. The number of fused-ring (bicyclic) bond motifs is 1. The highest BCUT2D eigenvalue weighted by molar-refractivity contribution is 5.98. The Morgan fingerprint density at radius 3 is 1.68 bits per heavy atom. The van der Waals surface area contributed by atoms with Gasteiger partial charge < -0.3 is 40.4 Å². The second-order valence-corrected chi connectivity index (χ2v) is 20.1. The van der Waals surface area contributed by atoms with Gasteiger partial charge in [-0.25, -0.2) is 4.79 Å². The van der Waals surface area contributed by atoms with Crippen LogP contribution in [0.15, 0.2) is 30.5 Å². The number of cyclic esters (lactones) is 1. The Hall–Kier alpha value is -5.46. The molecular weight excluding hydrogens is 865 g/mol. The Bertz CT molecular complexity index is 2050. The number of unbranched alkanes of at least 4 members (excludes halogenated alkanes) is 2. The van der Waals surface area contributed by atoms with Gasteiger partial charge in [-0.1, -0.05) is 112 Å². The van der Waals surface area contributed by atoms with Crippen LogP contribution in [-0.4, -0.2) is 125 Å². The van der Waals surface area contributed by atoms with Crippen molar-refractivity contribution in [1.82, 2.24) is 35.6 Å². The second-order valence-electron chi connectivity index (χ2n) is 20.1. The minimum Gasteiger partial charge on any atom is -0.451 e. The molecule has 1 aromatic carbocycles. The van der Waals surface area contributed by atoms with Crippen LogP contribution in [0.1, 0.15) is 145 Å². The van der Waals surface area contributed by atoms with E-state index < -0.39 is 83.8 Å². The van der Waals surface area contributed by atoms with E-state index in [4.69, 9.17) is 4.74 Å². The summed E-state index contributed by atoms with van der Waals surface area (Å²) in [7, 11) is 4.46. The molecule has 2 aromatic rings. The number of nitrogens with zero attached hydrogens (tertiary/aromatic N) is 4. The van der Waals surface area contributed by atoms with E-state index in [2.05, 4.69) is 34.8 Å². The number of amides is 6. The molecule has 1 aliphatic rings. The van der Waals surface area contributed by atoms with Crippen molar-refractivity contribution in [2.75, 3.05) is 21.1 Å². The summed E-state index contributed by atoms with van der Waals surface area (Å²) in [6.07, 6.45) is 6.09. The number of H-pyrrole nitrogens is 1. The predicted octanol–water partition coefficient (Wildman–Crippen LogP) is 6.42. The summed E-state index contributed by atoms with van der Waals surface area (Å²) < 4.78 is 5.82. The second kappa shape index (κ2) is 27.5. The van der Waals surface area contributed by atoms with Gasteiger partial charge >= 0.3 is 5.97 Å². The van der Waals surface area contributed by atoms with Crippen LogP contribution in [0.2, 0.25) is 0 Å². The molecule has 9 unspecified atom stereocenters. The predicted molar refractivity (Wildman–Crippen MR) is 263 cm³/mol. The van der Waals surface area contributed by atoms with E-state index in [1.165, 1.54) is 42.8 Å². The lowest BCUT2D eigenvalue weighted by molar-refractivity contribution is -0.163. The number of aromatic amines is 1. The molecule has 0 bridgehead atoms. The first kappa shape index (κ1) is 56.9. The van der Waals surface area contributed by atoms with Gasteiger partial charge in [0, 0.05) is 57.5 Å². The number of para-hydroxylation sites is 1. The molecular formula is C52H82N8O8. The summed E-state index contributed by atoms with van der Waals surface area (Å²) >= 11 is 0. The van der Waals surface area contributed by atoms with Crippen LogP contribution >= 0.6 is 0 Å². The Labute approximate surface area is 405 Å². The van der Waals surface area contributed by atoms with E-state index in [-0.39, 0.29) is 68.6 Å². The molecule has 9 atom stereocenters. The highest BCUT2D eigenvalue weighted by Gasteiger charge is 2.41. The minimum atomic E-state index is -1.49. The molecule has 0 saturated carbocycles. The number of likely N-dealkylation sites (N-methyl/N-ethyl adjacent to an activating group) is 3. The maximum absolute atomic E-state index is 15.0. The van der Waals surface area contributed by atoms with Crippen molar-refractivity contribution in [2.24, 2.45) is 23.7 Å². The number of rotatable bonds is 18. The van der Waals surface area contributed by atoms with E-state index >= 15 is 0 Å². The molecule has 0 spiro atoms. The normalized spacial score (nSPS) is 24.3. The topological polar surface area (TPSA) is 214 Å². The molecule has 0 aliphatic carbocycles. The number of hydrogen-bond acceptors (Lipinski definition) is 9. The first-order valence-corrected chi connectivity index (χ1v) is 25.0. The Kier molecular flexibility index (Phi) is 23.0. The molecule has 1 saturated heterocycles. The van der Waals surface area contributed by atoms with E-state index in [0.717, 1.165) is 55.0 Å². The lowest BCUT2D eigenvalue weighted by atomic mass is 9.94. The van der Waals surface area contributed by atoms with Crippen LogP contribution in [0, 0.1) is 35.0 Å². The smallest absolute Gasteiger partial charge is 0.329 e. The van der Waals surface area contributed by atoms with Gasteiger partial charge in [-0.2, -0.15) is 5.26 Å². The third-order valence-corrected chi connectivity index (χ3v) is 13.3. The fourth-order valence-corrected chi connectivity index (χ4v) is 8.96. The van der Waals surface area contributed by atoms with Crippen molar-refractivity contribution in [1.29, 1.82) is 5.26 Å². The van der Waals surface area contributed by atoms with E-state index in [1.54, 1.807) is 6.20 Å². The van der Waals surface area contributed by atoms with Crippen LogP contribution in [-0.2, 0) is 44.7 Å². The summed E-state index contributed by atoms with van der Waals surface area (Å²) in [6, 6.07) is 2.76. The first-order valence-electron chi connectivity index (χ1n) is 25.0. The molecule has 378 valence electrons.